The van der Waals surface area contributed by atoms with Crippen LogP contribution in [0.3, 0.4) is 0 Å². The van der Waals surface area contributed by atoms with Crippen LogP contribution >= 0.6 is 0 Å². The molecule has 0 unspecified atom stereocenters. The molecule has 1 heterocycles. The fraction of sp³-hybridized carbons (Fsp3) is 0.750. The molecule has 1 aromatic rings. The second-order valence-electron chi connectivity index (χ2n) is 5.08. The molecule has 0 aromatic carbocycles. The highest BCUT2D eigenvalue weighted by molar-refractivity contribution is 5.59. The van der Waals surface area contributed by atoms with Crippen molar-refractivity contribution in [2.45, 2.75) is 45.6 Å². The number of nitrogens with zero attached hydrogens (tertiary/aromatic N) is 2. The summed E-state index contributed by atoms with van der Waals surface area (Å²) in [6.07, 6.45) is 5.14. The maximum absolute atomic E-state index is 5.92. The summed E-state index contributed by atoms with van der Waals surface area (Å²) >= 11 is 0. The zero-order chi connectivity index (χ0) is 11.7. The lowest BCUT2D eigenvalue weighted by Crippen LogP contribution is -2.35. The molecule has 3 N–H and O–H groups in total. The van der Waals surface area contributed by atoms with Crippen molar-refractivity contribution in [3.05, 3.63) is 5.82 Å². The van der Waals surface area contributed by atoms with Gasteiger partial charge in [-0.15, -0.1) is 0 Å². The molecule has 0 saturated heterocycles. The van der Waals surface area contributed by atoms with Crippen LogP contribution in [-0.2, 0) is 0 Å². The summed E-state index contributed by atoms with van der Waals surface area (Å²) in [5, 5.41) is 0. The number of rotatable bonds is 2. The van der Waals surface area contributed by atoms with Crippen molar-refractivity contribution in [3.8, 4) is 0 Å². The fourth-order valence-corrected chi connectivity index (χ4v) is 2.57. The lowest BCUT2D eigenvalue weighted by atomic mass is 9.87. The van der Waals surface area contributed by atoms with E-state index in [9.17, 15) is 0 Å². The summed E-state index contributed by atoms with van der Waals surface area (Å²) in [5.74, 6) is 3.38. The van der Waals surface area contributed by atoms with E-state index in [2.05, 4.69) is 28.8 Å². The smallest absolute Gasteiger partial charge is 0.171 e. The van der Waals surface area contributed by atoms with E-state index < -0.39 is 0 Å². The van der Waals surface area contributed by atoms with Gasteiger partial charge in [0.25, 0.3) is 0 Å². The Labute approximate surface area is 97.2 Å². The van der Waals surface area contributed by atoms with Crippen LogP contribution in [0.5, 0.6) is 0 Å². The maximum Gasteiger partial charge on any atom is 0.171 e. The van der Waals surface area contributed by atoms with Gasteiger partial charge in [-0.1, -0.05) is 6.92 Å². The average Bonchev–Trinajstić information content (AvgIpc) is 2.58. The van der Waals surface area contributed by atoms with Crippen LogP contribution in [0.1, 0.15) is 38.4 Å². The summed E-state index contributed by atoms with van der Waals surface area (Å²) in [6.45, 7) is 4.28. The van der Waals surface area contributed by atoms with Crippen LogP contribution in [0.15, 0.2) is 0 Å². The first-order chi connectivity index (χ1) is 7.58. The maximum atomic E-state index is 5.92. The van der Waals surface area contributed by atoms with E-state index in [0.29, 0.717) is 11.9 Å². The molecule has 0 atom stereocenters. The predicted molar refractivity (Wildman–Crippen MR) is 67.6 cm³/mol. The molecular weight excluding hydrogens is 200 g/mol. The van der Waals surface area contributed by atoms with E-state index in [-0.39, 0.29) is 0 Å². The lowest BCUT2D eigenvalue weighted by Gasteiger charge is -2.33. The van der Waals surface area contributed by atoms with Crippen LogP contribution in [-0.4, -0.2) is 23.1 Å². The number of aryl methyl sites for hydroxylation is 1. The molecule has 0 spiro atoms. The van der Waals surface area contributed by atoms with E-state index in [0.717, 1.165) is 17.6 Å². The van der Waals surface area contributed by atoms with Gasteiger partial charge in [-0.3, -0.25) is 0 Å². The Morgan fingerprint density at radius 3 is 2.44 bits per heavy atom. The Hall–Kier alpha value is -1.19. The molecule has 1 fully saturated rings. The molecule has 2 rings (SSSR count). The Bertz CT molecular complexity index is 350. The minimum absolute atomic E-state index is 0.598. The second kappa shape index (κ2) is 4.36. The first kappa shape index (κ1) is 11.3. The van der Waals surface area contributed by atoms with Crippen LogP contribution in [0.4, 0.5) is 11.6 Å². The molecule has 0 bridgehead atoms. The van der Waals surface area contributed by atoms with Gasteiger partial charge in [0, 0.05) is 13.1 Å². The Morgan fingerprint density at radius 1 is 1.31 bits per heavy atom. The number of anilines is 2. The zero-order valence-electron chi connectivity index (χ0n) is 10.5. The summed E-state index contributed by atoms with van der Waals surface area (Å²) in [7, 11) is 2.10. The first-order valence-corrected chi connectivity index (χ1v) is 6.13. The predicted octanol–water partition coefficient (Wildman–Crippen LogP) is 2.32. The van der Waals surface area contributed by atoms with Gasteiger partial charge in [0.1, 0.15) is 11.6 Å². The molecule has 4 nitrogen and oxygen atoms in total. The third kappa shape index (κ3) is 2.15. The number of hydrogen-bond acceptors (Lipinski definition) is 3. The Morgan fingerprint density at radius 2 is 1.94 bits per heavy atom. The molecular formula is C12H22N4. The molecule has 16 heavy (non-hydrogen) atoms. The van der Waals surface area contributed by atoms with E-state index in [1.807, 2.05) is 6.92 Å². The fourth-order valence-electron chi connectivity index (χ4n) is 2.57. The number of hydrogen-bond donors (Lipinski definition) is 2. The molecule has 1 saturated carbocycles. The molecule has 0 amide bonds. The molecule has 4 heteroatoms. The number of H-pyrrole nitrogens is 1. The molecule has 1 aromatic heterocycles. The van der Waals surface area contributed by atoms with Crippen LogP contribution < -0.4 is 10.6 Å². The van der Waals surface area contributed by atoms with Crippen LogP contribution in [0.2, 0.25) is 0 Å². The third-order valence-corrected chi connectivity index (χ3v) is 3.70. The van der Waals surface area contributed by atoms with Gasteiger partial charge in [0.2, 0.25) is 0 Å². The molecule has 0 radical (unpaired) electrons. The molecule has 1 aliphatic carbocycles. The molecule has 0 aliphatic heterocycles. The van der Waals surface area contributed by atoms with Gasteiger partial charge in [-0.25, -0.2) is 4.98 Å². The van der Waals surface area contributed by atoms with Gasteiger partial charge in [0.15, 0.2) is 5.82 Å². The van der Waals surface area contributed by atoms with Crippen molar-refractivity contribution in [1.82, 2.24) is 9.97 Å². The normalized spacial score (nSPS) is 25.7. The minimum Gasteiger partial charge on any atom is -0.382 e. The molecule has 1 aliphatic rings. The van der Waals surface area contributed by atoms with Crippen LogP contribution in [0.25, 0.3) is 0 Å². The number of aromatic amines is 1. The van der Waals surface area contributed by atoms with Crippen molar-refractivity contribution < 1.29 is 0 Å². The number of nitrogens with one attached hydrogen (secondary N) is 1. The largest absolute Gasteiger partial charge is 0.382 e. The van der Waals surface area contributed by atoms with E-state index >= 15 is 0 Å². The average molecular weight is 222 g/mol. The Balaban J connectivity index is 2.07. The topological polar surface area (TPSA) is 57.9 Å². The standard InChI is InChI=1S/C12H22N4/c1-8-4-6-10(7-5-8)16(3)12-11(13)14-9(2)15-12/h8,10H,4-7,13H2,1-3H3,(H,14,15). The summed E-state index contributed by atoms with van der Waals surface area (Å²) in [5.41, 5.74) is 5.92. The lowest BCUT2D eigenvalue weighted by molar-refractivity contribution is 0.340. The van der Waals surface area contributed by atoms with Crippen molar-refractivity contribution in [1.29, 1.82) is 0 Å². The van der Waals surface area contributed by atoms with Crippen molar-refractivity contribution in [2.75, 3.05) is 17.7 Å². The van der Waals surface area contributed by atoms with Gasteiger partial charge in [-0.2, -0.15) is 0 Å². The van der Waals surface area contributed by atoms with Crippen LogP contribution in [0, 0.1) is 12.8 Å². The van der Waals surface area contributed by atoms with E-state index in [1.165, 1.54) is 25.7 Å². The number of nitrogens with two attached hydrogens (primary N) is 1. The number of nitrogen functional groups attached to an aromatic ring is 1. The number of aromatic nitrogens is 2. The van der Waals surface area contributed by atoms with Gasteiger partial charge < -0.3 is 15.6 Å². The van der Waals surface area contributed by atoms with E-state index in [1.54, 1.807) is 0 Å². The highest BCUT2D eigenvalue weighted by Gasteiger charge is 2.24. The highest BCUT2D eigenvalue weighted by Crippen LogP contribution is 2.30. The monoisotopic (exact) mass is 222 g/mol. The second-order valence-corrected chi connectivity index (χ2v) is 5.08. The first-order valence-electron chi connectivity index (χ1n) is 6.13. The van der Waals surface area contributed by atoms with Crippen molar-refractivity contribution >= 4 is 11.6 Å². The van der Waals surface area contributed by atoms with Gasteiger partial charge in [0.05, 0.1) is 0 Å². The van der Waals surface area contributed by atoms with E-state index in [4.69, 9.17) is 5.73 Å². The SMILES string of the molecule is Cc1nc(N(C)C2CCC(C)CC2)c(N)[nH]1. The minimum atomic E-state index is 0.598. The quantitative estimate of drug-likeness (QED) is 0.807. The third-order valence-electron chi connectivity index (χ3n) is 3.70. The number of imidazole rings is 1. The summed E-state index contributed by atoms with van der Waals surface area (Å²) < 4.78 is 0. The van der Waals surface area contributed by atoms with Crippen molar-refractivity contribution in [2.24, 2.45) is 5.92 Å². The summed E-state index contributed by atoms with van der Waals surface area (Å²) in [6, 6.07) is 0.598. The zero-order valence-corrected chi connectivity index (χ0v) is 10.5. The molecule has 90 valence electrons. The van der Waals surface area contributed by atoms with Gasteiger partial charge >= 0.3 is 0 Å². The highest BCUT2D eigenvalue weighted by atomic mass is 15.2. The summed E-state index contributed by atoms with van der Waals surface area (Å²) in [4.78, 5) is 9.75. The van der Waals surface area contributed by atoms with Crippen molar-refractivity contribution in [3.63, 3.8) is 0 Å². The Kier molecular flexibility index (Phi) is 3.08. The van der Waals surface area contributed by atoms with Gasteiger partial charge in [-0.05, 0) is 38.5 Å².